The van der Waals surface area contributed by atoms with Crippen LogP contribution in [-0.2, 0) is 0 Å². The number of amides is 1. The van der Waals surface area contributed by atoms with Crippen LogP contribution >= 0.6 is 0 Å². The van der Waals surface area contributed by atoms with Gasteiger partial charge in [0.15, 0.2) is 0 Å². The van der Waals surface area contributed by atoms with Crippen LogP contribution in [0.15, 0.2) is 43.1 Å². The standard InChI is InChI=1S/C18H18N6O/c25-18(12-2-1-6-19-8-12)24-13-3-4-14(24)10-23(9-13)17-15-5-7-20-16(15)21-11-22-17/h1-2,5-8,11,13-14H,3-4,9-10H2,(H,20,21,22). The molecule has 2 saturated heterocycles. The van der Waals surface area contributed by atoms with Crippen molar-refractivity contribution in [1.29, 1.82) is 0 Å². The van der Waals surface area contributed by atoms with E-state index < -0.39 is 0 Å². The Labute approximate surface area is 144 Å². The molecule has 126 valence electrons. The topological polar surface area (TPSA) is 78.0 Å². The lowest BCUT2D eigenvalue weighted by Gasteiger charge is -2.41. The van der Waals surface area contributed by atoms with Crippen LogP contribution in [0.3, 0.4) is 0 Å². The average Bonchev–Trinajstić information content (AvgIpc) is 3.23. The number of fused-ring (bicyclic) bond motifs is 3. The third-order valence-corrected chi connectivity index (χ3v) is 5.26. The first-order chi connectivity index (χ1) is 12.3. The molecule has 0 aliphatic carbocycles. The van der Waals surface area contributed by atoms with Crippen LogP contribution in [0.25, 0.3) is 11.0 Å². The number of carbonyl (C=O) groups is 1. The number of carbonyl (C=O) groups excluding carboxylic acids is 1. The molecule has 1 amide bonds. The normalized spacial score (nSPS) is 22.6. The monoisotopic (exact) mass is 334 g/mol. The molecule has 2 aliphatic rings. The van der Waals surface area contributed by atoms with Gasteiger partial charge in [0.25, 0.3) is 5.91 Å². The first-order valence-corrected chi connectivity index (χ1v) is 8.57. The molecule has 7 nitrogen and oxygen atoms in total. The molecule has 5 heterocycles. The molecular weight excluding hydrogens is 316 g/mol. The van der Waals surface area contributed by atoms with Gasteiger partial charge < -0.3 is 14.8 Å². The summed E-state index contributed by atoms with van der Waals surface area (Å²) >= 11 is 0. The number of rotatable bonds is 2. The van der Waals surface area contributed by atoms with Gasteiger partial charge >= 0.3 is 0 Å². The van der Waals surface area contributed by atoms with E-state index >= 15 is 0 Å². The maximum absolute atomic E-state index is 12.9. The molecule has 2 bridgehead atoms. The van der Waals surface area contributed by atoms with Gasteiger partial charge in [-0.2, -0.15) is 0 Å². The lowest BCUT2D eigenvalue weighted by atomic mass is 10.1. The molecule has 25 heavy (non-hydrogen) atoms. The molecule has 0 spiro atoms. The summed E-state index contributed by atoms with van der Waals surface area (Å²) < 4.78 is 0. The van der Waals surface area contributed by atoms with Crippen LogP contribution in [0.1, 0.15) is 23.2 Å². The molecule has 0 aromatic carbocycles. The first kappa shape index (κ1) is 14.4. The smallest absolute Gasteiger partial charge is 0.256 e. The van der Waals surface area contributed by atoms with Crippen molar-refractivity contribution in [3.8, 4) is 0 Å². The lowest BCUT2D eigenvalue weighted by Crippen LogP contribution is -2.56. The Morgan fingerprint density at radius 2 is 2.00 bits per heavy atom. The summed E-state index contributed by atoms with van der Waals surface area (Å²) in [6.45, 7) is 1.61. The van der Waals surface area contributed by atoms with E-state index in [1.54, 1.807) is 18.7 Å². The van der Waals surface area contributed by atoms with Gasteiger partial charge in [-0.15, -0.1) is 0 Å². The summed E-state index contributed by atoms with van der Waals surface area (Å²) in [5.41, 5.74) is 1.52. The molecule has 2 aliphatic heterocycles. The summed E-state index contributed by atoms with van der Waals surface area (Å²) in [7, 11) is 0. The number of nitrogens with one attached hydrogen (secondary N) is 1. The maximum Gasteiger partial charge on any atom is 0.256 e. The predicted octanol–water partition coefficient (Wildman–Crippen LogP) is 1.85. The summed E-state index contributed by atoms with van der Waals surface area (Å²) in [6, 6.07) is 6.11. The highest BCUT2D eigenvalue weighted by molar-refractivity contribution is 5.95. The highest BCUT2D eigenvalue weighted by Gasteiger charge is 2.43. The van der Waals surface area contributed by atoms with E-state index in [0.29, 0.717) is 5.56 Å². The molecule has 0 saturated carbocycles. The van der Waals surface area contributed by atoms with Crippen LogP contribution in [0.2, 0.25) is 0 Å². The van der Waals surface area contributed by atoms with Gasteiger partial charge in [-0.05, 0) is 31.0 Å². The van der Waals surface area contributed by atoms with Crippen LogP contribution in [-0.4, -0.2) is 55.9 Å². The van der Waals surface area contributed by atoms with E-state index in [4.69, 9.17) is 0 Å². The van der Waals surface area contributed by atoms with Crippen molar-refractivity contribution in [1.82, 2.24) is 24.8 Å². The Morgan fingerprint density at radius 1 is 1.16 bits per heavy atom. The Kier molecular flexibility index (Phi) is 3.19. The zero-order chi connectivity index (χ0) is 16.8. The summed E-state index contributed by atoms with van der Waals surface area (Å²) in [5, 5.41) is 1.04. The number of anilines is 1. The van der Waals surface area contributed by atoms with Gasteiger partial charge in [-0.3, -0.25) is 9.78 Å². The van der Waals surface area contributed by atoms with Crippen molar-refractivity contribution in [2.75, 3.05) is 18.0 Å². The van der Waals surface area contributed by atoms with Gasteiger partial charge in [0.05, 0.1) is 23.0 Å². The third kappa shape index (κ3) is 2.26. The lowest BCUT2D eigenvalue weighted by molar-refractivity contribution is 0.0641. The number of hydrogen-bond donors (Lipinski definition) is 1. The van der Waals surface area contributed by atoms with Crippen molar-refractivity contribution >= 4 is 22.8 Å². The second-order valence-electron chi connectivity index (χ2n) is 6.68. The van der Waals surface area contributed by atoms with Gasteiger partial charge in [0, 0.05) is 31.7 Å². The van der Waals surface area contributed by atoms with Crippen molar-refractivity contribution in [2.45, 2.75) is 24.9 Å². The van der Waals surface area contributed by atoms with E-state index in [1.807, 2.05) is 24.4 Å². The summed E-state index contributed by atoms with van der Waals surface area (Å²) in [5.74, 6) is 1.05. The number of nitrogens with zero attached hydrogens (tertiary/aromatic N) is 5. The number of aromatic nitrogens is 4. The van der Waals surface area contributed by atoms with Crippen molar-refractivity contribution < 1.29 is 4.79 Å². The Hall–Kier alpha value is -2.96. The maximum atomic E-state index is 12.9. The summed E-state index contributed by atoms with van der Waals surface area (Å²) in [6.07, 6.45) is 8.91. The quantitative estimate of drug-likeness (QED) is 0.774. The molecule has 3 aromatic rings. The number of piperazine rings is 1. The summed E-state index contributed by atoms with van der Waals surface area (Å²) in [4.78, 5) is 33.3. The van der Waals surface area contributed by atoms with Gasteiger partial charge in [0.2, 0.25) is 0 Å². The number of aromatic amines is 1. The van der Waals surface area contributed by atoms with Crippen LogP contribution in [0.5, 0.6) is 0 Å². The van der Waals surface area contributed by atoms with E-state index in [-0.39, 0.29) is 18.0 Å². The molecule has 3 aromatic heterocycles. The first-order valence-electron chi connectivity index (χ1n) is 8.57. The number of pyridine rings is 1. The predicted molar refractivity (Wildman–Crippen MR) is 93.3 cm³/mol. The van der Waals surface area contributed by atoms with E-state index in [2.05, 4.69) is 29.7 Å². The van der Waals surface area contributed by atoms with Gasteiger partial charge in [-0.1, -0.05) is 0 Å². The molecular formula is C18H18N6O. The van der Waals surface area contributed by atoms with Crippen molar-refractivity contribution in [2.24, 2.45) is 0 Å². The molecule has 7 heteroatoms. The minimum atomic E-state index is 0.0923. The SMILES string of the molecule is O=C(c1cccnc1)N1C2CCC1CN(c1ncnc3[nH]ccc13)C2. The Balaban J connectivity index is 1.44. The van der Waals surface area contributed by atoms with E-state index in [1.165, 1.54) is 0 Å². The fraction of sp³-hybridized carbons (Fsp3) is 0.333. The third-order valence-electron chi connectivity index (χ3n) is 5.26. The molecule has 0 radical (unpaired) electrons. The number of hydrogen-bond acceptors (Lipinski definition) is 5. The minimum Gasteiger partial charge on any atom is -0.352 e. The van der Waals surface area contributed by atoms with Crippen LogP contribution in [0.4, 0.5) is 5.82 Å². The fourth-order valence-electron chi connectivity index (χ4n) is 4.16. The van der Waals surface area contributed by atoms with Crippen molar-refractivity contribution in [3.63, 3.8) is 0 Å². The highest BCUT2D eigenvalue weighted by atomic mass is 16.2. The van der Waals surface area contributed by atoms with Crippen molar-refractivity contribution in [3.05, 3.63) is 48.7 Å². The molecule has 2 atom stereocenters. The Morgan fingerprint density at radius 3 is 2.76 bits per heavy atom. The zero-order valence-corrected chi connectivity index (χ0v) is 13.7. The molecule has 2 fully saturated rings. The number of H-pyrrole nitrogens is 1. The Bertz CT molecular complexity index is 909. The molecule has 5 rings (SSSR count). The van der Waals surface area contributed by atoms with Crippen LogP contribution in [0, 0.1) is 0 Å². The van der Waals surface area contributed by atoms with E-state index in [0.717, 1.165) is 42.8 Å². The second-order valence-corrected chi connectivity index (χ2v) is 6.68. The molecule has 1 N–H and O–H groups in total. The molecule has 2 unspecified atom stereocenters. The largest absolute Gasteiger partial charge is 0.352 e. The zero-order valence-electron chi connectivity index (χ0n) is 13.7. The minimum absolute atomic E-state index is 0.0923. The van der Waals surface area contributed by atoms with Crippen LogP contribution < -0.4 is 4.90 Å². The fourth-order valence-corrected chi connectivity index (χ4v) is 4.16. The second kappa shape index (κ2) is 5.54. The van der Waals surface area contributed by atoms with E-state index in [9.17, 15) is 4.79 Å². The van der Waals surface area contributed by atoms with Gasteiger partial charge in [0.1, 0.15) is 17.8 Å². The van der Waals surface area contributed by atoms with Gasteiger partial charge in [-0.25, -0.2) is 9.97 Å². The highest BCUT2D eigenvalue weighted by Crippen LogP contribution is 2.34. The average molecular weight is 334 g/mol.